The van der Waals surface area contributed by atoms with E-state index in [9.17, 15) is 42.9 Å². The third kappa shape index (κ3) is 8.27. The number of carboxylic acid groups (broad SMARTS) is 3. The molecule has 0 fully saturated rings. The summed E-state index contributed by atoms with van der Waals surface area (Å²) in [5.74, 6) is -5.30. The lowest BCUT2D eigenvalue weighted by atomic mass is 10.2. The molecule has 6 aromatic carbocycles. The third-order valence-corrected chi connectivity index (χ3v) is 18.3. The lowest BCUT2D eigenvalue weighted by molar-refractivity contribution is 0.0686. The van der Waals surface area contributed by atoms with Gasteiger partial charge in [0.25, 0.3) is 22.3 Å². The molecular formula is C39H27F3N3O9P3. The lowest BCUT2D eigenvalue weighted by Crippen LogP contribution is -2.19. The van der Waals surface area contributed by atoms with Gasteiger partial charge in [-0.3, -0.25) is 0 Å². The summed E-state index contributed by atoms with van der Waals surface area (Å²) in [4.78, 5) is 36.0. The summed E-state index contributed by atoms with van der Waals surface area (Å²) in [7, 11) is -12.4. The first-order valence-corrected chi connectivity index (χ1v) is 21.4. The number of nitrogens with zero attached hydrogens (tertiary/aromatic N) is 3. The number of rotatable bonds is 12. The van der Waals surface area contributed by atoms with E-state index in [4.69, 9.17) is 27.1 Å². The topological polar surface area (TPSA) is 177 Å². The van der Waals surface area contributed by atoms with Crippen LogP contribution < -0.4 is 29.5 Å². The Morgan fingerprint density at radius 3 is 0.772 bits per heavy atom. The van der Waals surface area contributed by atoms with Gasteiger partial charge in [-0.05, 0) is 146 Å². The molecule has 7 rings (SSSR count). The highest BCUT2D eigenvalue weighted by atomic mass is 31.3. The van der Waals surface area contributed by atoms with Crippen LogP contribution in [-0.2, 0) is 0 Å². The van der Waals surface area contributed by atoms with Crippen molar-refractivity contribution in [2.75, 3.05) is 0 Å². The van der Waals surface area contributed by atoms with Gasteiger partial charge < -0.3 is 28.9 Å². The number of hydrogen-bond acceptors (Lipinski definition) is 9. The Morgan fingerprint density at radius 1 is 0.368 bits per heavy atom. The fourth-order valence-electron chi connectivity index (χ4n) is 5.45. The molecule has 0 saturated heterocycles. The van der Waals surface area contributed by atoms with Crippen molar-refractivity contribution in [1.29, 1.82) is 0 Å². The Kier molecular flexibility index (Phi) is 10.7. The second-order valence-electron chi connectivity index (χ2n) is 12.1. The van der Waals surface area contributed by atoms with Crippen molar-refractivity contribution in [2.24, 2.45) is 13.5 Å². The van der Waals surface area contributed by atoms with E-state index >= 15 is 0 Å². The molecule has 0 aliphatic carbocycles. The smallest absolute Gasteiger partial charge is 0.335 e. The van der Waals surface area contributed by atoms with Crippen molar-refractivity contribution >= 4 is 56.1 Å². The van der Waals surface area contributed by atoms with Crippen molar-refractivity contribution in [3.05, 3.63) is 180 Å². The number of benzene rings is 6. The zero-order chi connectivity index (χ0) is 40.4. The van der Waals surface area contributed by atoms with E-state index in [-0.39, 0.29) is 49.9 Å². The van der Waals surface area contributed by atoms with E-state index in [2.05, 4.69) is 0 Å². The highest BCUT2D eigenvalue weighted by Gasteiger charge is 2.45. The molecule has 1 heterocycles. The van der Waals surface area contributed by atoms with E-state index in [1.54, 1.807) is 0 Å². The molecule has 0 radical (unpaired) electrons. The van der Waals surface area contributed by atoms with Gasteiger partial charge in [-0.1, -0.05) is 0 Å². The van der Waals surface area contributed by atoms with Crippen LogP contribution in [0.2, 0.25) is 0 Å². The lowest BCUT2D eigenvalue weighted by Gasteiger charge is -2.36. The van der Waals surface area contributed by atoms with Crippen molar-refractivity contribution in [3.63, 3.8) is 0 Å². The first kappa shape index (κ1) is 38.9. The Hall–Kier alpha value is -6.39. The molecular weight excluding hydrogens is 804 g/mol. The Labute approximate surface area is 322 Å². The molecule has 0 aromatic heterocycles. The molecule has 18 heteroatoms. The summed E-state index contributed by atoms with van der Waals surface area (Å²) in [6.07, 6.45) is 0. The first-order valence-electron chi connectivity index (χ1n) is 16.6. The monoisotopic (exact) mass is 831 g/mol. The minimum absolute atomic E-state index is 0.0589. The van der Waals surface area contributed by atoms with Crippen LogP contribution in [0.4, 0.5) is 13.2 Å². The van der Waals surface area contributed by atoms with E-state index in [1.165, 1.54) is 109 Å². The zero-order valence-corrected chi connectivity index (χ0v) is 31.6. The summed E-state index contributed by atoms with van der Waals surface area (Å²) in [5, 5.41) is 30.0. The van der Waals surface area contributed by atoms with Crippen molar-refractivity contribution in [1.82, 2.24) is 0 Å². The summed E-state index contributed by atoms with van der Waals surface area (Å²) < 4.78 is 78.9. The highest BCUT2D eigenvalue weighted by molar-refractivity contribution is 7.90. The molecule has 0 bridgehead atoms. The number of carboxylic acids is 3. The van der Waals surface area contributed by atoms with Gasteiger partial charge in [0.15, 0.2) is 0 Å². The third-order valence-electron chi connectivity index (χ3n) is 8.22. The summed E-state index contributed by atoms with van der Waals surface area (Å²) >= 11 is 0. The Bertz CT molecular complexity index is 2370. The fourth-order valence-corrected chi connectivity index (χ4v) is 17.3. The number of aromatic carboxylic acids is 3. The van der Waals surface area contributed by atoms with Crippen molar-refractivity contribution < 1.29 is 56.4 Å². The van der Waals surface area contributed by atoms with Crippen molar-refractivity contribution in [3.8, 4) is 17.2 Å². The van der Waals surface area contributed by atoms with E-state index in [1.807, 2.05) is 0 Å². The second-order valence-corrected chi connectivity index (χ2v) is 19.6. The predicted molar refractivity (Wildman–Crippen MR) is 208 cm³/mol. The Balaban J connectivity index is 1.68. The standard InChI is InChI=1S/C39H27F3N3O9P3/c40-28-7-13-31(14-8-28)52-55(34-19-1-25(2-20-34)37(46)47)43-56(53-32-15-9-29(41)10-16-32,35-21-3-26(4-22-35)38(48)49)45-57(44-55,54-33-17-11-30(42)12-18-33)36-23-5-27(6-24-36)39(50)51/h1-24H,(H,46,47)(H,48,49)(H,50,51). The molecule has 1 aliphatic heterocycles. The number of carbonyl (C=O) groups is 3. The quantitative estimate of drug-likeness (QED) is 0.101. The van der Waals surface area contributed by atoms with Crippen LogP contribution in [0.15, 0.2) is 159 Å². The molecule has 0 spiro atoms. The fraction of sp³-hybridized carbons (Fsp3) is 0. The molecule has 3 N–H and O–H groups in total. The molecule has 12 nitrogen and oxygen atoms in total. The summed E-state index contributed by atoms with van der Waals surface area (Å²) in [6, 6.07) is 31.1. The maximum absolute atomic E-state index is 14.3. The van der Waals surface area contributed by atoms with E-state index in [0.29, 0.717) is 0 Å². The van der Waals surface area contributed by atoms with Crippen LogP contribution in [0.3, 0.4) is 0 Å². The minimum atomic E-state index is -4.15. The van der Waals surface area contributed by atoms with Gasteiger partial charge in [-0.25, -0.2) is 27.6 Å². The number of hydrogen-bond donors (Lipinski definition) is 3. The number of halogens is 3. The highest BCUT2D eigenvalue weighted by Crippen LogP contribution is 2.77. The molecule has 0 saturated carbocycles. The van der Waals surface area contributed by atoms with Crippen LogP contribution in [-0.4, -0.2) is 33.2 Å². The van der Waals surface area contributed by atoms with Crippen LogP contribution in [0.1, 0.15) is 31.1 Å². The molecule has 1 aliphatic rings. The van der Waals surface area contributed by atoms with Gasteiger partial charge in [0, 0.05) is 0 Å². The van der Waals surface area contributed by atoms with Gasteiger partial charge in [-0.2, -0.15) is 13.5 Å². The maximum Gasteiger partial charge on any atom is 0.335 e. The normalized spacial score (nSPS) is 19.8. The maximum atomic E-state index is 14.3. The predicted octanol–water partition coefficient (Wildman–Crippen LogP) is 9.82. The SMILES string of the molecule is O=C(O)c1ccc(P2(Oc3ccc(F)cc3)=NP(Oc3ccc(F)cc3)(c3ccc(C(=O)O)cc3)=NP(Oc3ccc(F)cc3)(c3ccc(C(=O)O)cc3)=N2)cc1. The van der Waals surface area contributed by atoms with E-state index < -0.39 is 57.7 Å². The van der Waals surface area contributed by atoms with Crippen molar-refractivity contribution in [2.45, 2.75) is 0 Å². The molecule has 288 valence electrons. The van der Waals surface area contributed by atoms with E-state index in [0.717, 1.165) is 36.4 Å². The molecule has 0 atom stereocenters. The van der Waals surface area contributed by atoms with Gasteiger partial charge in [0.2, 0.25) is 0 Å². The molecule has 0 amide bonds. The van der Waals surface area contributed by atoms with Crippen LogP contribution >= 0.6 is 22.3 Å². The Morgan fingerprint density at radius 2 is 0.579 bits per heavy atom. The molecule has 57 heavy (non-hydrogen) atoms. The summed E-state index contributed by atoms with van der Waals surface area (Å²) in [6.45, 7) is 0. The van der Waals surface area contributed by atoms with Crippen LogP contribution in [0.25, 0.3) is 0 Å². The average Bonchev–Trinajstić information content (AvgIpc) is 3.20. The van der Waals surface area contributed by atoms with Crippen LogP contribution in [0, 0.1) is 17.5 Å². The zero-order valence-electron chi connectivity index (χ0n) is 29.0. The van der Waals surface area contributed by atoms with Crippen LogP contribution in [0.5, 0.6) is 17.2 Å². The van der Waals surface area contributed by atoms with Gasteiger partial charge in [0.1, 0.15) is 34.7 Å². The first-order chi connectivity index (χ1) is 27.3. The second kappa shape index (κ2) is 15.6. The molecule has 0 unspecified atom stereocenters. The average molecular weight is 832 g/mol. The molecule has 6 aromatic rings. The minimum Gasteiger partial charge on any atom is -0.478 e. The van der Waals surface area contributed by atoms with Gasteiger partial charge in [0.05, 0.1) is 32.6 Å². The van der Waals surface area contributed by atoms with Gasteiger partial charge >= 0.3 is 17.9 Å². The summed E-state index contributed by atoms with van der Waals surface area (Å²) in [5.41, 5.74) is -0.288. The largest absolute Gasteiger partial charge is 0.478 e. The van der Waals surface area contributed by atoms with Gasteiger partial charge in [-0.15, -0.1) is 0 Å².